The number of carboxylic acids is 1. The number of carbonyl (C=O) groups is 1. The van der Waals surface area contributed by atoms with E-state index in [2.05, 4.69) is 12.1 Å². The fourth-order valence-corrected chi connectivity index (χ4v) is 4.86. The summed E-state index contributed by atoms with van der Waals surface area (Å²) in [4.78, 5) is 11.2. The third-order valence-electron chi connectivity index (χ3n) is 4.81. The van der Waals surface area contributed by atoms with Crippen LogP contribution in [0.25, 0.3) is 0 Å². The molecule has 0 unspecified atom stereocenters. The van der Waals surface area contributed by atoms with E-state index in [0.29, 0.717) is 5.75 Å². The molecular weight excluding hydrogens is 384 g/mol. The lowest BCUT2D eigenvalue weighted by Gasteiger charge is -2.35. The highest BCUT2D eigenvalue weighted by Crippen LogP contribution is 2.49. The van der Waals surface area contributed by atoms with Crippen LogP contribution in [0.2, 0.25) is 0 Å². The van der Waals surface area contributed by atoms with Gasteiger partial charge in [0.1, 0.15) is 11.5 Å². The second-order valence-electron chi connectivity index (χ2n) is 6.50. The van der Waals surface area contributed by atoms with Crippen molar-refractivity contribution in [2.24, 2.45) is 0 Å². The summed E-state index contributed by atoms with van der Waals surface area (Å²) < 4.78 is 10.1. The Morgan fingerprint density at radius 1 is 0.793 bits per heavy atom. The zero-order valence-corrected chi connectivity index (χ0v) is 17.3. The standard InChI is InChI=1S/C24H24O4S/c1-27-21-12-8-19(9-13-21)24(29-17-16-23(25)26,18-6-4-3-5-7-18)20-10-14-22(28-2)15-11-20/h3-15H,16-17H2,1-2H3,(H,25,26). The first-order valence-corrected chi connectivity index (χ1v) is 10.3. The third kappa shape index (κ3) is 4.57. The van der Waals surface area contributed by atoms with E-state index < -0.39 is 10.7 Å². The molecule has 0 fully saturated rings. The topological polar surface area (TPSA) is 55.8 Å². The minimum absolute atomic E-state index is 0.0888. The van der Waals surface area contributed by atoms with Gasteiger partial charge in [-0.1, -0.05) is 54.6 Å². The molecule has 3 aromatic carbocycles. The van der Waals surface area contributed by atoms with Crippen LogP contribution in [-0.4, -0.2) is 31.0 Å². The molecule has 3 aromatic rings. The van der Waals surface area contributed by atoms with Gasteiger partial charge in [0.15, 0.2) is 0 Å². The molecule has 29 heavy (non-hydrogen) atoms. The lowest BCUT2D eigenvalue weighted by atomic mass is 9.84. The maximum absolute atomic E-state index is 11.2. The number of carboxylic acid groups (broad SMARTS) is 1. The second kappa shape index (κ2) is 9.52. The summed E-state index contributed by atoms with van der Waals surface area (Å²) in [5.41, 5.74) is 3.21. The van der Waals surface area contributed by atoms with Crippen molar-refractivity contribution in [1.29, 1.82) is 0 Å². The summed E-state index contributed by atoms with van der Waals surface area (Å²) in [6, 6.07) is 26.1. The molecule has 4 nitrogen and oxygen atoms in total. The molecule has 1 N–H and O–H groups in total. The summed E-state index contributed by atoms with van der Waals surface area (Å²) in [5.74, 6) is 1.23. The molecule has 0 aliphatic rings. The van der Waals surface area contributed by atoms with Gasteiger partial charge in [0, 0.05) is 5.75 Å². The maximum atomic E-state index is 11.2. The smallest absolute Gasteiger partial charge is 0.304 e. The van der Waals surface area contributed by atoms with Gasteiger partial charge in [-0.3, -0.25) is 4.79 Å². The van der Waals surface area contributed by atoms with Crippen molar-refractivity contribution in [2.45, 2.75) is 11.2 Å². The number of rotatable bonds is 9. The molecule has 150 valence electrons. The van der Waals surface area contributed by atoms with E-state index in [4.69, 9.17) is 9.47 Å². The van der Waals surface area contributed by atoms with Gasteiger partial charge in [-0.25, -0.2) is 0 Å². The van der Waals surface area contributed by atoms with Crippen LogP contribution in [-0.2, 0) is 9.54 Å². The average Bonchev–Trinajstić information content (AvgIpc) is 2.77. The summed E-state index contributed by atoms with van der Waals surface area (Å²) in [6.45, 7) is 0. The summed E-state index contributed by atoms with van der Waals surface area (Å²) in [6.07, 6.45) is 0.0888. The van der Waals surface area contributed by atoms with Crippen LogP contribution >= 0.6 is 11.8 Å². The molecule has 0 radical (unpaired) electrons. The second-order valence-corrected chi connectivity index (χ2v) is 7.81. The van der Waals surface area contributed by atoms with Crippen LogP contribution in [0.15, 0.2) is 78.9 Å². The first-order chi connectivity index (χ1) is 14.1. The minimum atomic E-state index is -0.802. The molecule has 0 spiro atoms. The largest absolute Gasteiger partial charge is 0.497 e. The number of benzene rings is 3. The van der Waals surface area contributed by atoms with Gasteiger partial charge in [0.2, 0.25) is 0 Å². The molecule has 3 rings (SSSR count). The van der Waals surface area contributed by atoms with Gasteiger partial charge in [-0.05, 0) is 41.0 Å². The van der Waals surface area contributed by atoms with E-state index in [1.165, 1.54) is 0 Å². The Kier molecular flexibility index (Phi) is 6.83. The first-order valence-electron chi connectivity index (χ1n) is 9.30. The monoisotopic (exact) mass is 408 g/mol. The molecule has 0 heterocycles. The summed E-state index contributed by atoms with van der Waals surface area (Å²) in [5, 5.41) is 9.21. The lowest BCUT2D eigenvalue weighted by molar-refractivity contribution is -0.136. The normalized spacial score (nSPS) is 11.1. The van der Waals surface area contributed by atoms with Gasteiger partial charge in [0.05, 0.1) is 25.4 Å². The first kappa shape index (κ1) is 20.8. The fourth-order valence-electron chi connectivity index (χ4n) is 3.37. The van der Waals surface area contributed by atoms with Crippen LogP contribution in [0.1, 0.15) is 23.1 Å². The van der Waals surface area contributed by atoms with E-state index in [9.17, 15) is 9.90 Å². The predicted molar refractivity (Wildman–Crippen MR) is 117 cm³/mol. The molecule has 0 aromatic heterocycles. The fraction of sp³-hybridized carbons (Fsp3) is 0.208. The highest BCUT2D eigenvalue weighted by Gasteiger charge is 2.37. The Bertz CT molecular complexity index is 874. The van der Waals surface area contributed by atoms with Gasteiger partial charge in [-0.2, -0.15) is 0 Å². The third-order valence-corrected chi connectivity index (χ3v) is 6.36. The number of ether oxygens (including phenoxy) is 2. The van der Waals surface area contributed by atoms with Gasteiger partial charge < -0.3 is 14.6 Å². The number of hydrogen-bond acceptors (Lipinski definition) is 4. The van der Waals surface area contributed by atoms with Crippen LogP contribution in [0, 0.1) is 0 Å². The highest BCUT2D eigenvalue weighted by molar-refractivity contribution is 8.00. The van der Waals surface area contributed by atoms with Gasteiger partial charge in [0.25, 0.3) is 0 Å². The van der Waals surface area contributed by atoms with Crippen molar-refractivity contribution < 1.29 is 19.4 Å². The Hall–Kier alpha value is -2.92. The van der Waals surface area contributed by atoms with E-state index >= 15 is 0 Å². The van der Waals surface area contributed by atoms with Crippen LogP contribution in [0.5, 0.6) is 11.5 Å². The Balaban J connectivity index is 2.19. The van der Waals surface area contributed by atoms with Crippen molar-refractivity contribution in [2.75, 3.05) is 20.0 Å². The number of thioether (sulfide) groups is 1. The Labute approximate surface area is 175 Å². The van der Waals surface area contributed by atoms with Crippen LogP contribution in [0.4, 0.5) is 0 Å². The van der Waals surface area contributed by atoms with Crippen LogP contribution in [0.3, 0.4) is 0 Å². The zero-order valence-electron chi connectivity index (χ0n) is 16.5. The highest BCUT2D eigenvalue weighted by atomic mass is 32.2. The van der Waals surface area contributed by atoms with E-state index in [1.807, 2.05) is 66.7 Å². The molecule has 0 saturated carbocycles. The molecule has 0 aliphatic heterocycles. The Morgan fingerprint density at radius 2 is 1.24 bits per heavy atom. The van der Waals surface area contributed by atoms with Gasteiger partial charge >= 0.3 is 5.97 Å². The molecule has 0 amide bonds. The Morgan fingerprint density at radius 3 is 1.66 bits per heavy atom. The predicted octanol–water partition coefficient (Wildman–Crippen LogP) is 5.20. The van der Waals surface area contributed by atoms with E-state index in [-0.39, 0.29) is 6.42 Å². The maximum Gasteiger partial charge on any atom is 0.304 e. The minimum Gasteiger partial charge on any atom is -0.497 e. The van der Waals surface area contributed by atoms with Crippen molar-refractivity contribution in [3.05, 3.63) is 95.6 Å². The molecule has 5 heteroatoms. The molecule has 0 saturated heterocycles. The number of methoxy groups -OCH3 is 2. The van der Waals surface area contributed by atoms with E-state index in [0.717, 1.165) is 28.2 Å². The molecule has 0 aliphatic carbocycles. The summed E-state index contributed by atoms with van der Waals surface area (Å²) in [7, 11) is 3.29. The summed E-state index contributed by atoms with van der Waals surface area (Å²) >= 11 is 1.62. The molecule has 0 atom stereocenters. The number of aliphatic carboxylic acids is 1. The molecular formula is C24H24O4S. The van der Waals surface area contributed by atoms with Crippen molar-refractivity contribution in [1.82, 2.24) is 0 Å². The average molecular weight is 409 g/mol. The quantitative estimate of drug-likeness (QED) is 0.493. The van der Waals surface area contributed by atoms with Crippen molar-refractivity contribution >= 4 is 17.7 Å². The number of hydrogen-bond donors (Lipinski definition) is 1. The zero-order chi connectivity index (χ0) is 20.7. The SMILES string of the molecule is COc1ccc(C(SCCC(=O)O)(c2ccccc2)c2ccc(OC)cc2)cc1. The van der Waals surface area contributed by atoms with Gasteiger partial charge in [-0.15, -0.1) is 11.8 Å². The molecule has 0 bridgehead atoms. The van der Waals surface area contributed by atoms with Crippen molar-refractivity contribution in [3.63, 3.8) is 0 Å². The van der Waals surface area contributed by atoms with Crippen molar-refractivity contribution in [3.8, 4) is 11.5 Å². The van der Waals surface area contributed by atoms with E-state index in [1.54, 1.807) is 26.0 Å². The van der Waals surface area contributed by atoms with Crippen LogP contribution < -0.4 is 9.47 Å². The lowest BCUT2D eigenvalue weighted by Crippen LogP contribution is -2.26.